The molecule has 5 heteroatoms. The van der Waals surface area contributed by atoms with Crippen molar-refractivity contribution in [3.05, 3.63) is 35.1 Å². The van der Waals surface area contributed by atoms with Crippen molar-refractivity contribution >= 4 is 15.9 Å². The van der Waals surface area contributed by atoms with E-state index in [1.165, 1.54) is 0 Å². The number of aromatic nitrogens is 4. The average molecular weight is 225 g/mol. The Morgan fingerprint density at radius 1 is 1.33 bits per heavy atom. The smallest absolute Gasteiger partial charge is 0.143 e. The molecule has 4 nitrogen and oxygen atoms in total. The van der Waals surface area contributed by atoms with Crippen LogP contribution in [-0.4, -0.2) is 20.2 Å². The second-order valence-corrected chi connectivity index (χ2v) is 3.15. The maximum atomic E-state index is 3.76. The van der Waals surface area contributed by atoms with Crippen molar-refractivity contribution in [3.8, 4) is 5.69 Å². The Hall–Kier alpha value is -1.23. The minimum atomic E-state index is 0.939. The quantitative estimate of drug-likeness (QED) is 0.737. The average Bonchev–Trinajstić information content (AvgIpc) is 2.56. The highest BCUT2D eigenvalue weighted by Gasteiger charge is 1.96. The summed E-state index contributed by atoms with van der Waals surface area (Å²) in [6, 6.07) is 7.76. The number of rotatable bonds is 1. The summed E-state index contributed by atoms with van der Waals surface area (Å²) in [5, 5.41) is 10.9. The minimum absolute atomic E-state index is 0.939. The summed E-state index contributed by atoms with van der Waals surface area (Å²) in [5.74, 6) is 0. The van der Waals surface area contributed by atoms with Crippen molar-refractivity contribution in [1.82, 2.24) is 20.2 Å². The predicted octanol–water partition coefficient (Wildman–Crippen LogP) is 1.42. The maximum Gasteiger partial charge on any atom is 0.143 e. The molecule has 0 radical (unpaired) electrons. The minimum Gasteiger partial charge on any atom is -0.201 e. The lowest BCUT2D eigenvalue weighted by Gasteiger charge is -1.97. The Morgan fingerprint density at radius 3 is 2.92 bits per heavy atom. The van der Waals surface area contributed by atoms with Gasteiger partial charge in [-0.05, 0) is 28.6 Å². The molecule has 0 N–H and O–H groups in total. The van der Waals surface area contributed by atoms with Gasteiger partial charge in [-0.1, -0.05) is 22.0 Å². The van der Waals surface area contributed by atoms with Crippen molar-refractivity contribution in [3.63, 3.8) is 0 Å². The Morgan fingerprint density at radius 2 is 2.25 bits per heavy atom. The second-order valence-electron chi connectivity index (χ2n) is 2.23. The highest BCUT2D eigenvalue weighted by molar-refractivity contribution is 9.10. The summed E-state index contributed by atoms with van der Waals surface area (Å²) in [5.41, 5.74) is 0.939. The number of hydrogen-bond acceptors (Lipinski definition) is 3. The summed E-state index contributed by atoms with van der Waals surface area (Å²) in [4.78, 5) is 0. The normalized spacial score (nSPS) is 10.1. The highest BCUT2D eigenvalue weighted by atomic mass is 79.9. The molecule has 1 aromatic carbocycles. The first-order chi connectivity index (χ1) is 5.86. The summed E-state index contributed by atoms with van der Waals surface area (Å²) in [7, 11) is 0. The van der Waals surface area contributed by atoms with E-state index in [1.54, 1.807) is 11.0 Å². The first-order valence-electron chi connectivity index (χ1n) is 3.35. The van der Waals surface area contributed by atoms with Crippen molar-refractivity contribution in [2.45, 2.75) is 0 Å². The van der Waals surface area contributed by atoms with Crippen LogP contribution < -0.4 is 0 Å². The van der Waals surface area contributed by atoms with Crippen molar-refractivity contribution in [2.24, 2.45) is 0 Å². The molecule has 0 atom stereocenters. The van der Waals surface area contributed by atoms with Gasteiger partial charge in [0, 0.05) is 4.47 Å². The van der Waals surface area contributed by atoms with Crippen LogP contribution in [0.25, 0.3) is 5.69 Å². The van der Waals surface area contributed by atoms with Crippen LogP contribution in [0.15, 0.2) is 35.1 Å². The topological polar surface area (TPSA) is 43.6 Å². The van der Waals surface area contributed by atoms with E-state index in [0.717, 1.165) is 10.2 Å². The monoisotopic (exact) mass is 224 g/mol. The van der Waals surface area contributed by atoms with E-state index >= 15 is 0 Å². The van der Waals surface area contributed by atoms with Crippen molar-refractivity contribution in [1.29, 1.82) is 0 Å². The first kappa shape index (κ1) is 7.42. The number of benzene rings is 1. The van der Waals surface area contributed by atoms with E-state index in [1.807, 2.05) is 24.3 Å². The number of tetrazole rings is 1. The Kier molecular flexibility index (Phi) is 1.87. The van der Waals surface area contributed by atoms with Gasteiger partial charge in [0.05, 0.1) is 5.69 Å². The lowest BCUT2D eigenvalue weighted by molar-refractivity contribution is 0.789. The van der Waals surface area contributed by atoms with Crippen molar-refractivity contribution < 1.29 is 0 Å². The molecule has 12 heavy (non-hydrogen) atoms. The molecular weight excluding hydrogens is 220 g/mol. The lowest BCUT2D eigenvalue weighted by atomic mass is 10.3. The molecule has 2 rings (SSSR count). The molecule has 0 saturated carbocycles. The van der Waals surface area contributed by atoms with Gasteiger partial charge in [-0.25, -0.2) is 4.68 Å². The number of hydrogen-bond donors (Lipinski definition) is 0. The first-order valence-corrected chi connectivity index (χ1v) is 4.14. The van der Waals surface area contributed by atoms with E-state index in [2.05, 4.69) is 31.5 Å². The van der Waals surface area contributed by atoms with E-state index in [-0.39, 0.29) is 0 Å². The Balaban J connectivity index is 2.48. The zero-order chi connectivity index (χ0) is 8.39. The SMILES string of the molecule is Brc1cccc(-n2cnnn2)c1. The standard InChI is InChI=1S/C7H5BrN4/c8-6-2-1-3-7(4-6)12-5-9-10-11-12/h1-5H. The molecule has 0 unspecified atom stereocenters. The molecule has 0 aliphatic carbocycles. The van der Waals surface area contributed by atoms with Gasteiger partial charge < -0.3 is 0 Å². The van der Waals surface area contributed by atoms with Crippen LogP contribution in [0.2, 0.25) is 0 Å². The second kappa shape index (κ2) is 3.02. The molecule has 1 heterocycles. The fourth-order valence-corrected chi connectivity index (χ4v) is 1.29. The van der Waals surface area contributed by atoms with Crippen LogP contribution in [0.4, 0.5) is 0 Å². The van der Waals surface area contributed by atoms with Crippen LogP contribution >= 0.6 is 15.9 Å². The van der Waals surface area contributed by atoms with Gasteiger partial charge in [0.15, 0.2) is 0 Å². The number of nitrogens with zero attached hydrogens (tertiary/aromatic N) is 4. The third-order valence-corrected chi connectivity index (χ3v) is 1.92. The molecule has 0 aliphatic heterocycles. The summed E-state index contributed by atoms with van der Waals surface area (Å²) in [6.45, 7) is 0. The summed E-state index contributed by atoms with van der Waals surface area (Å²) >= 11 is 3.37. The maximum absolute atomic E-state index is 3.76. The third kappa shape index (κ3) is 1.35. The largest absolute Gasteiger partial charge is 0.201 e. The van der Waals surface area contributed by atoms with E-state index in [9.17, 15) is 0 Å². The lowest BCUT2D eigenvalue weighted by Crippen LogP contribution is -1.93. The molecule has 0 bridgehead atoms. The Bertz CT molecular complexity index is 371. The van der Waals surface area contributed by atoms with Crippen LogP contribution in [0.5, 0.6) is 0 Å². The van der Waals surface area contributed by atoms with Gasteiger partial charge in [0.2, 0.25) is 0 Å². The molecule has 0 amide bonds. The van der Waals surface area contributed by atoms with Gasteiger partial charge in [0.25, 0.3) is 0 Å². The molecular formula is C7H5BrN4. The molecule has 0 aliphatic rings. The van der Waals surface area contributed by atoms with E-state index in [4.69, 9.17) is 0 Å². The zero-order valence-electron chi connectivity index (χ0n) is 6.05. The van der Waals surface area contributed by atoms with Gasteiger partial charge in [-0.3, -0.25) is 0 Å². The summed E-state index contributed by atoms with van der Waals surface area (Å²) < 4.78 is 2.61. The Labute approximate surface area is 77.3 Å². The molecule has 0 fully saturated rings. The van der Waals surface area contributed by atoms with Crippen LogP contribution in [0.1, 0.15) is 0 Å². The molecule has 60 valence electrons. The molecule has 0 saturated heterocycles. The van der Waals surface area contributed by atoms with Gasteiger partial charge in [-0.15, -0.1) is 5.10 Å². The fourth-order valence-electron chi connectivity index (χ4n) is 0.898. The van der Waals surface area contributed by atoms with Gasteiger partial charge >= 0.3 is 0 Å². The molecule has 0 spiro atoms. The number of halogens is 1. The van der Waals surface area contributed by atoms with Crippen LogP contribution in [0, 0.1) is 0 Å². The highest BCUT2D eigenvalue weighted by Crippen LogP contribution is 2.13. The van der Waals surface area contributed by atoms with Crippen LogP contribution in [0.3, 0.4) is 0 Å². The van der Waals surface area contributed by atoms with Crippen molar-refractivity contribution in [2.75, 3.05) is 0 Å². The van der Waals surface area contributed by atoms with Crippen LogP contribution in [-0.2, 0) is 0 Å². The van der Waals surface area contributed by atoms with Gasteiger partial charge in [0.1, 0.15) is 6.33 Å². The van der Waals surface area contributed by atoms with Gasteiger partial charge in [-0.2, -0.15) is 0 Å². The molecule has 2 aromatic rings. The fraction of sp³-hybridized carbons (Fsp3) is 0. The van der Waals surface area contributed by atoms with E-state index in [0.29, 0.717) is 0 Å². The predicted molar refractivity (Wildman–Crippen MR) is 46.9 cm³/mol. The summed E-state index contributed by atoms with van der Waals surface area (Å²) in [6.07, 6.45) is 1.56. The molecule has 1 aromatic heterocycles. The third-order valence-electron chi connectivity index (χ3n) is 1.42. The van der Waals surface area contributed by atoms with E-state index < -0.39 is 0 Å². The zero-order valence-corrected chi connectivity index (χ0v) is 7.64.